The number of hydrogen-bond donors (Lipinski definition) is 2. The van der Waals surface area contributed by atoms with Crippen LogP contribution >= 0.6 is 15.9 Å². The van der Waals surface area contributed by atoms with Gasteiger partial charge < -0.3 is 10.6 Å². The van der Waals surface area contributed by atoms with Crippen molar-refractivity contribution in [3.63, 3.8) is 0 Å². The van der Waals surface area contributed by atoms with Crippen molar-refractivity contribution in [1.29, 1.82) is 0 Å². The maximum Gasteiger partial charge on any atom is 0.253 e. The number of rotatable bonds is 5. The average Bonchev–Trinajstić information content (AvgIpc) is 2.58. The zero-order valence-electron chi connectivity index (χ0n) is 12.3. The number of pyridine rings is 1. The van der Waals surface area contributed by atoms with E-state index in [1.54, 1.807) is 24.5 Å². The molecule has 2 N–H and O–H groups in total. The molecule has 0 saturated heterocycles. The van der Waals surface area contributed by atoms with Crippen LogP contribution in [0.15, 0.2) is 62.9 Å². The molecule has 0 bridgehead atoms. The van der Waals surface area contributed by atoms with Crippen LogP contribution in [0.2, 0.25) is 0 Å². The summed E-state index contributed by atoms with van der Waals surface area (Å²) in [6.45, 7) is 1.94. The molecule has 0 amide bonds. The molecule has 0 aliphatic rings. The molecule has 0 saturated carbocycles. The Balaban J connectivity index is 1.83. The molecule has 0 fully saturated rings. The molecule has 2 aromatic carbocycles. The highest BCUT2D eigenvalue weighted by Crippen LogP contribution is 2.26. The predicted molar refractivity (Wildman–Crippen MR) is 95.1 cm³/mol. The molecule has 1 heterocycles. The van der Waals surface area contributed by atoms with Crippen molar-refractivity contribution in [3.8, 4) is 0 Å². The third-order valence-electron chi connectivity index (χ3n) is 3.57. The van der Waals surface area contributed by atoms with E-state index in [9.17, 15) is 9.59 Å². The van der Waals surface area contributed by atoms with Crippen LogP contribution in [0.4, 0.5) is 17.1 Å². The van der Waals surface area contributed by atoms with Gasteiger partial charge in [-0.2, -0.15) is 0 Å². The first-order valence-corrected chi connectivity index (χ1v) is 7.88. The fourth-order valence-electron chi connectivity index (χ4n) is 2.30. The third-order valence-corrected chi connectivity index (χ3v) is 4.06. The van der Waals surface area contributed by atoms with Crippen LogP contribution in [0.5, 0.6) is 0 Å². The molecule has 6 heteroatoms. The lowest BCUT2D eigenvalue weighted by Crippen LogP contribution is -2.37. The number of halogens is 1. The van der Waals surface area contributed by atoms with Gasteiger partial charge in [-0.05, 0) is 36.8 Å². The molecule has 1 aromatic heterocycles. The van der Waals surface area contributed by atoms with Gasteiger partial charge in [0.05, 0.1) is 0 Å². The largest absolute Gasteiger partial charge is 0.373 e. The van der Waals surface area contributed by atoms with Crippen molar-refractivity contribution in [2.75, 3.05) is 10.6 Å². The summed E-state index contributed by atoms with van der Waals surface area (Å²) >= 11 is 3.43. The number of nitrogens with one attached hydrogen (secondary N) is 2. The number of anilines is 3. The summed E-state index contributed by atoms with van der Waals surface area (Å²) in [4.78, 5) is 27.6. The lowest BCUT2D eigenvalue weighted by Gasteiger charge is -2.20. The van der Waals surface area contributed by atoms with Gasteiger partial charge in [0.1, 0.15) is 11.4 Å². The zero-order chi connectivity index (χ0) is 16.4. The van der Waals surface area contributed by atoms with Gasteiger partial charge in [0.15, 0.2) is 0 Å². The highest BCUT2D eigenvalue weighted by Gasteiger charge is 2.22. The van der Waals surface area contributed by atoms with E-state index >= 15 is 0 Å². The van der Waals surface area contributed by atoms with Crippen LogP contribution in [0.1, 0.15) is 18.5 Å². The van der Waals surface area contributed by atoms with Crippen molar-refractivity contribution in [3.05, 3.63) is 79.3 Å². The number of benzene rings is 1. The molecule has 116 valence electrons. The van der Waals surface area contributed by atoms with Crippen LogP contribution in [0.25, 0.3) is 0 Å². The minimum Gasteiger partial charge on any atom is -0.373 e. The second kappa shape index (κ2) is 6.34. The summed E-state index contributed by atoms with van der Waals surface area (Å²) in [6.07, 6.45) is 3.23. The normalized spacial score (nSPS) is 12.1. The van der Waals surface area contributed by atoms with Crippen LogP contribution in [0, 0.1) is 0 Å². The SMILES string of the molecule is CC(Nc1c(Nc2ccncc2)c(=O)c1=O)c1cccc(Br)c1. The van der Waals surface area contributed by atoms with Crippen LogP contribution in [-0.2, 0) is 0 Å². The topological polar surface area (TPSA) is 71.1 Å². The van der Waals surface area contributed by atoms with Crippen molar-refractivity contribution >= 4 is 33.0 Å². The van der Waals surface area contributed by atoms with E-state index in [2.05, 4.69) is 31.5 Å². The van der Waals surface area contributed by atoms with E-state index in [-0.39, 0.29) is 6.04 Å². The molecule has 3 rings (SSSR count). The van der Waals surface area contributed by atoms with Crippen LogP contribution in [-0.4, -0.2) is 4.98 Å². The molecule has 3 aromatic rings. The van der Waals surface area contributed by atoms with E-state index in [0.29, 0.717) is 17.1 Å². The molecule has 0 aliphatic carbocycles. The van der Waals surface area contributed by atoms with Gasteiger partial charge in [-0.3, -0.25) is 14.6 Å². The van der Waals surface area contributed by atoms with Gasteiger partial charge in [-0.15, -0.1) is 0 Å². The van der Waals surface area contributed by atoms with E-state index < -0.39 is 10.9 Å². The summed E-state index contributed by atoms with van der Waals surface area (Å²) < 4.78 is 0.962. The van der Waals surface area contributed by atoms with Crippen molar-refractivity contribution in [2.24, 2.45) is 0 Å². The van der Waals surface area contributed by atoms with Crippen molar-refractivity contribution in [1.82, 2.24) is 4.98 Å². The monoisotopic (exact) mass is 371 g/mol. The minimum atomic E-state index is -0.509. The Morgan fingerprint density at radius 3 is 2.43 bits per heavy atom. The predicted octanol–water partition coefficient (Wildman–Crippen LogP) is 3.36. The maximum absolute atomic E-state index is 11.9. The summed E-state index contributed by atoms with van der Waals surface area (Å²) in [5.74, 6) is 0. The quantitative estimate of drug-likeness (QED) is 0.672. The van der Waals surface area contributed by atoms with E-state index in [0.717, 1.165) is 10.0 Å². The molecule has 1 unspecified atom stereocenters. The van der Waals surface area contributed by atoms with E-state index in [1.807, 2.05) is 31.2 Å². The Morgan fingerprint density at radius 2 is 1.74 bits per heavy atom. The van der Waals surface area contributed by atoms with E-state index in [1.165, 1.54) is 0 Å². The first-order valence-electron chi connectivity index (χ1n) is 7.08. The lowest BCUT2D eigenvalue weighted by atomic mass is 10.1. The third kappa shape index (κ3) is 3.17. The van der Waals surface area contributed by atoms with Gasteiger partial charge in [0, 0.05) is 28.6 Å². The number of nitrogens with zero attached hydrogens (tertiary/aromatic N) is 1. The molecular weight excluding hydrogens is 358 g/mol. The molecule has 5 nitrogen and oxygen atoms in total. The van der Waals surface area contributed by atoms with Crippen molar-refractivity contribution < 1.29 is 0 Å². The first-order chi connectivity index (χ1) is 11.1. The number of aromatic nitrogens is 1. The van der Waals surface area contributed by atoms with Crippen LogP contribution < -0.4 is 21.5 Å². The smallest absolute Gasteiger partial charge is 0.253 e. The Labute approximate surface area is 141 Å². The fourth-order valence-corrected chi connectivity index (χ4v) is 2.72. The Morgan fingerprint density at radius 1 is 1.04 bits per heavy atom. The van der Waals surface area contributed by atoms with E-state index in [4.69, 9.17) is 0 Å². The highest BCUT2D eigenvalue weighted by molar-refractivity contribution is 9.10. The maximum atomic E-state index is 11.9. The molecule has 0 radical (unpaired) electrons. The zero-order valence-corrected chi connectivity index (χ0v) is 13.9. The van der Waals surface area contributed by atoms with Crippen LogP contribution in [0.3, 0.4) is 0 Å². The first kappa shape index (κ1) is 15.4. The van der Waals surface area contributed by atoms with Gasteiger partial charge in [-0.25, -0.2) is 0 Å². The van der Waals surface area contributed by atoms with Gasteiger partial charge in [0.2, 0.25) is 0 Å². The molecule has 0 aliphatic heterocycles. The summed E-state index contributed by atoms with van der Waals surface area (Å²) in [5.41, 5.74) is 1.34. The second-order valence-electron chi connectivity index (χ2n) is 5.19. The Hall–Kier alpha value is -2.47. The average molecular weight is 372 g/mol. The van der Waals surface area contributed by atoms with Gasteiger partial charge >= 0.3 is 0 Å². The molecular formula is C17H14BrN3O2. The number of hydrogen-bond acceptors (Lipinski definition) is 5. The molecule has 1 atom stereocenters. The Bertz CT molecular complexity index is 902. The summed E-state index contributed by atoms with van der Waals surface area (Å²) in [5, 5.41) is 6.09. The lowest BCUT2D eigenvalue weighted by molar-refractivity contribution is 0.879. The Kier molecular flexibility index (Phi) is 4.25. The van der Waals surface area contributed by atoms with Gasteiger partial charge in [-0.1, -0.05) is 28.1 Å². The minimum absolute atomic E-state index is 0.103. The van der Waals surface area contributed by atoms with Gasteiger partial charge in [0.25, 0.3) is 10.9 Å². The summed E-state index contributed by atoms with van der Waals surface area (Å²) in [6, 6.07) is 11.2. The highest BCUT2D eigenvalue weighted by atomic mass is 79.9. The fraction of sp³-hybridized carbons (Fsp3) is 0.118. The standard InChI is InChI=1S/C17H14BrN3O2/c1-10(11-3-2-4-12(18)9-11)20-14-15(17(23)16(14)22)21-13-5-7-19-8-6-13/h2-10,20H,1H3,(H,19,21). The second-order valence-corrected chi connectivity index (χ2v) is 6.11. The summed E-state index contributed by atoms with van der Waals surface area (Å²) in [7, 11) is 0. The molecule has 0 spiro atoms. The molecule has 23 heavy (non-hydrogen) atoms. The van der Waals surface area contributed by atoms with Crippen molar-refractivity contribution in [2.45, 2.75) is 13.0 Å².